The lowest BCUT2D eigenvalue weighted by atomic mass is 9.72. The molecule has 0 unspecified atom stereocenters. The van der Waals surface area contributed by atoms with Crippen LogP contribution in [0.15, 0.2) is 58.6 Å². The number of aryl methyl sites for hydroxylation is 1. The molecule has 122 valence electrons. The fraction of sp³-hybridized carbons (Fsp3) is 0.389. The van der Waals surface area contributed by atoms with Crippen molar-refractivity contribution in [1.82, 2.24) is 4.83 Å². The molecule has 0 aromatic heterocycles. The molecule has 1 aromatic rings. The lowest BCUT2D eigenvalue weighted by molar-refractivity contribution is 0.325. The van der Waals surface area contributed by atoms with Crippen molar-refractivity contribution >= 4 is 15.7 Å². The number of rotatable bonds is 3. The Morgan fingerprint density at radius 1 is 1.00 bits per heavy atom. The minimum atomic E-state index is -3.62. The Hall–Kier alpha value is -1.88. The summed E-state index contributed by atoms with van der Waals surface area (Å²) in [7, 11) is -3.62. The molecule has 5 heteroatoms. The van der Waals surface area contributed by atoms with Crippen LogP contribution in [0.25, 0.3) is 0 Å². The normalized spacial score (nSPS) is 19.8. The van der Waals surface area contributed by atoms with Crippen LogP contribution in [0.4, 0.5) is 0 Å². The molecule has 4 nitrogen and oxygen atoms in total. The van der Waals surface area contributed by atoms with Crippen LogP contribution in [0.2, 0.25) is 0 Å². The molecule has 2 aliphatic rings. The Balaban J connectivity index is 1.70. The number of hydrogen-bond acceptors (Lipinski definition) is 3. The van der Waals surface area contributed by atoms with E-state index in [4.69, 9.17) is 0 Å². The van der Waals surface area contributed by atoms with Gasteiger partial charge < -0.3 is 0 Å². The van der Waals surface area contributed by atoms with Gasteiger partial charge in [-0.3, -0.25) is 0 Å². The standard InChI is InChI=1S/C18H22N2O2S/c1-15-5-7-17(8-6-15)23(21,22)20-19-16-9-13-18(14-10-16)11-3-2-4-12-18/h5-10,13-14,20H,2-4,11-12H2,1H3. The monoisotopic (exact) mass is 330 g/mol. The van der Waals surface area contributed by atoms with E-state index in [0.29, 0.717) is 5.71 Å². The van der Waals surface area contributed by atoms with Gasteiger partial charge in [0.25, 0.3) is 10.0 Å². The topological polar surface area (TPSA) is 58.5 Å². The van der Waals surface area contributed by atoms with Gasteiger partial charge in [-0.25, -0.2) is 0 Å². The van der Waals surface area contributed by atoms with Crippen molar-refractivity contribution < 1.29 is 8.42 Å². The number of hydrazone groups is 1. The highest BCUT2D eigenvalue weighted by Crippen LogP contribution is 2.40. The summed E-state index contributed by atoms with van der Waals surface area (Å²) in [5, 5.41) is 4.04. The second kappa shape index (κ2) is 6.32. The molecular weight excluding hydrogens is 308 g/mol. The maximum atomic E-state index is 12.2. The SMILES string of the molecule is Cc1ccc(S(=O)(=O)NN=C2C=CC3(C=C2)CCCCC3)cc1. The van der Waals surface area contributed by atoms with E-state index in [9.17, 15) is 8.42 Å². The molecule has 1 saturated carbocycles. The molecule has 0 heterocycles. The van der Waals surface area contributed by atoms with Crippen LogP contribution in [-0.4, -0.2) is 14.1 Å². The number of sulfonamides is 1. The van der Waals surface area contributed by atoms with Crippen molar-refractivity contribution in [2.45, 2.75) is 43.9 Å². The molecule has 0 radical (unpaired) electrons. The zero-order valence-electron chi connectivity index (χ0n) is 13.3. The van der Waals surface area contributed by atoms with Crippen molar-refractivity contribution in [3.8, 4) is 0 Å². The van der Waals surface area contributed by atoms with Gasteiger partial charge in [-0.15, -0.1) is 0 Å². The Kier molecular flexibility index (Phi) is 4.39. The smallest absolute Gasteiger partial charge is 0.200 e. The molecule has 1 fully saturated rings. The van der Waals surface area contributed by atoms with Gasteiger partial charge in [0.05, 0.1) is 10.6 Å². The van der Waals surface area contributed by atoms with Crippen molar-refractivity contribution in [3.05, 3.63) is 54.1 Å². The first-order valence-corrected chi connectivity index (χ1v) is 9.52. The highest BCUT2D eigenvalue weighted by molar-refractivity contribution is 7.89. The number of nitrogens with zero attached hydrogens (tertiary/aromatic N) is 1. The summed E-state index contributed by atoms with van der Waals surface area (Å²) >= 11 is 0. The van der Waals surface area contributed by atoms with Crippen molar-refractivity contribution in [2.75, 3.05) is 0 Å². The number of benzene rings is 1. The second-order valence-corrected chi connectivity index (χ2v) is 8.07. The van der Waals surface area contributed by atoms with Gasteiger partial charge in [0.1, 0.15) is 0 Å². The Labute approximate surface area is 138 Å². The van der Waals surface area contributed by atoms with Crippen LogP contribution in [0.5, 0.6) is 0 Å². The maximum absolute atomic E-state index is 12.2. The fourth-order valence-corrected chi connectivity index (χ4v) is 3.94. The molecule has 0 amide bonds. The summed E-state index contributed by atoms with van der Waals surface area (Å²) in [4.78, 5) is 2.54. The van der Waals surface area contributed by atoms with Gasteiger partial charge in [0.15, 0.2) is 0 Å². The van der Waals surface area contributed by atoms with E-state index in [0.717, 1.165) is 5.56 Å². The van der Waals surface area contributed by atoms with Gasteiger partial charge >= 0.3 is 0 Å². The first kappa shape index (κ1) is 16.0. The van der Waals surface area contributed by atoms with Crippen LogP contribution >= 0.6 is 0 Å². The molecule has 0 bridgehead atoms. The summed E-state index contributed by atoms with van der Waals surface area (Å²) in [6, 6.07) is 6.72. The van der Waals surface area contributed by atoms with Crippen LogP contribution in [-0.2, 0) is 10.0 Å². The molecule has 0 saturated heterocycles. The second-order valence-electron chi connectivity index (χ2n) is 6.40. The van der Waals surface area contributed by atoms with Gasteiger partial charge in [-0.1, -0.05) is 49.1 Å². The third kappa shape index (κ3) is 3.72. The zero-order valence-corrected chi connectivity index (χ0v) is 14.1. The van der Waals surface area contributed by atoms with Gasteiger partial charge in [0, 0.05) is 5.41 Å². The average Bonchev–Trinajstić information content (AvgIpc) is 2.56. The van der Waals surface area contributed by atoms with E-state index in [1.54, 1.807) is 24.3 Å². The minimum absolute atomic E-state index is 0.160. The van der Waals surface area contributed by atoms with E-state index in [-0.39, 0.29) is 10.3 Å². The van der Waals surface area contributed by atoms with Crippen molar-refractivity contribution in [3.63, 3.8) is 0 Å². The average molecular weight is 330 g/mol. The van der Waals surface area contributed by atoms with Gasteiger partial charge in [0.2, 0.25) is 0 Å². The molecule has 1 N–H and O–H groups in total. The Morgan fingerprint density at radius 3 is 2.22 bits per heavy atom. The van der Waals surface area contributed by atoms with Gasteiger partial charge in [-0.2, -0.15) is 18.4 Å². The number of hydrogen-bond donors (Lipinski definition) is 1. The molecule has 1 aromatic carbocycles. The fourth-order valence-electron chi connectivity index (χ4n) is 3.11. The largest absolute Gasteiger partial charge is 0.276 e. The first-order valence-electron chi connectivity index (χ1n) is 8.04. The van der Waals surface area contributed by atoms with E-state index >= 15 is 0 Å². The van der Waals surface area contributed by atoms with Crippen LogP contribution in [0.1, 0.15) is 37.7 Å². The van der Waals surface area contributed by atoms with E-state index in [2.05, 4.69) is 22.1 Å². The molecule has 23 heavy (non-hydrogen) atoms. The third-order valence-corrected chi connectivity index (χ3v) is 5.81. The highest BCUT2D eigenvalue weighted by atomic mass is 32.2. The lowest BCUT2D eigenvalue weighted by Gasteiger charge is -2.33. The predicted octanol–water partition coefficient (Wildman–Crippen LogP) is 3.71. The maximum Gasteiger partial charge on any atom is 0.276 e. The number of allylic oxidation sites excluding steroid dienone is 4. The predicted molar refractivity (Wildman–Crippen MR) is 92.7 cm³/mol. The van der Waals surface area contributed by atoms with Gasteiger partial charge in [-0.05, 0) is 44.1 Å². The molecule has 1 spiro atoms. The summed E-state index contributed by atoms with van der Waals surface area (Å²) in [5.41, 5.74) is 1.82. The van der Waals surface area contributed by atoms with Crippen LogP contribution in [0.3, 0.4) is 0 Å². The summed E-state index contributed by atoms with van der Waals surface area (Å²) in [5.74, 6) is 0. The summed E-state index contributed by atoms with van der Waals surface area (Å²) in [6.45, 7) is 1.92. The summed E-state index contributed by atoms with van der Waals surface area (Å²) < 4.78 is 24.4. The lowest BCUT2D eigenvalue weighted by Crippen LogP contribution is -2.23. The number of nitrogens with one attached hydrogen (secondary N) is 1. The Bertz CT molecular complexity index is 735. The minimum Gasteiger partial charge on any atom is -0.200 e. The summed E-state index contributed by atoms with van der Waals surface area (Å²) in [6.07, 6.45) is 14.3. The molecule has 2 aliphatic carbocycles. The molecule has 3 rings (SSSR count). The van der Waals surface area contributed by atoms with Crippen LogP contribution < -0.4 is 4.83 Å². The van der Waals surface area contributed by atoms with Crippen LogP contribution in [0, 0.1) is 12.3 Å². The van der Waals surface area contributed by atoms with Crippen molar-refractivity contribution in [1.29, 1.82) is 0 Å². The van der Waals surface area contributed by atoms with E-state index < -0.39 is 10.0 Å². The van der Waals surface area contributed by atoms with Crippen molar-refractivity contribution in [2.24, 2.45) is 10.5 Å². The highest BCUT2D eigenvalue weighted by Gasteiger charge is 2.28. The van der Waals surface area contributed by atoms with E-state index in [1.807, 2.05) is 19.1 Å². The molecular formula is C18H22N2O2S. The third-order valence-electron chi connectivity index (χ3n) is 4.58. The molecule has 0 atom stereocenters. The van der Waals surface area contributed by atoms with E-state index in [1.165, 1.54) is 32.1 Å². The zero-order chi connectivity index (χ0) is 16.3. The Morgan fingerprint density at radius 2 is 1.61 bits per heavy atom. The first-order chi connectivity index (χ1) is 11.0. The molecule has 0 aliphatic heterocycles. The quantitative estimate of drug-likeness (QED) is 0.859.